The van der Waals surface area contributed by atoms with Gasteiger partial charge in [-0.25, -0.2) is 0 Å². The van der Waals surface area contributed by atoms with Crippen LogP contribution in [0.4, 0.5) is 10.5 Å². The fraction of sp³-hybridized carbons (Fsp3) is 0.258. The molecule has 0 atom stereocenters. The Balaban J connectivity index is 1.30. The summed E-state index contributed by atoms with van der Waals surface area (Å²) in [6, 6.07) is 20.1. The van der Waals surface area contributed by atoms with Gasteiger partial charge in [0.05, 0.1) is 24.2 Å². The molecule has 3 aromatic rings. The molecule has 1 aliphatic heterocycles. The van der Waals surface area contributed by atoms with Crippen LogP contribution >= 0.6 is 11.8 Å². The lowest BCUT2D eigenvalue weighted by molar-refractivity contribution is -0.123. The highest BCUT2D eigenvalue weighted by Gasteiger charge is 2.34. The summed E-state index contributed by atoms with van der Waals surface area (Å²) in [6.07, 6.45) is 1.67. The Morgan fingerprint density at radius 3 is 2.48 bits per heavy atom. The minimum Gasteiger partial charge on any atom is -0.495 e. The van der Waals surface area contributed by atoms with E-state index in [1.165, 1.54) is 12.0 Å². The Labute approximate surface area is 238 Å². The molecule has 40 heavy (non-hydrogen) atoms. The number of amides is 3. The molecule has 0 saturated carbocycles. The van der Waals surface area contributed by atoms with Crippen LogP contribution in [-0.2, 0) is 9.59 Å². The Bertz CT molecular complexity index is 1420. The van der Waals surface area contributed by atoms with Crippen LogP contribution in [0, 0.1) is 6.92 Å². The van der Waals surface area contributed by atoms with Crippen molar-refractivity contribution >= 4 is 40.6 Å². The number of imide groups is 1. The summed E-state index contributed by atoms with van der Waals surface area (Å²) < 4.78 is 16.8. The number of para-hydroxylation sites is 2. The Morgan fingerprint density at radius 2 is 1.75 bits per heavy atom. The van der Waals surface area contributed by atoms with Gasteiger partial charge in [-0.2, -0.15) is 0 Å². The van der Waals surface area contributed by atoms with E-state index in [4.69, 9.17) is 14.2 Å². The summed E-state index contributed by atoms with van der Waals surface area (Å²) in [4.78, 5) is 39.3. The van der Waals surface area contributed by atoms with E-state index in [1.807, 2.05) is 31.2 Å². The van der Waals surface area contributed by atoms with Crippen LogP contribution in [-0.4, -0.2) is 48.8 Å². The molecule has 1 fully saturated rings. The molecule has 1 aliphatic rings. The molecule has 1 heterocycles. The number of anilines is 1. The summed E-state index contributed by atoms with van der Waals surface area (Å²) in [6.45, 7) is 6.38. The molecular formula is C31H32N2O6S. The SMILES string of the molecule is COc1ccccc1NC(=O)COc1ccc(/C=C2\SC(=O)N(CCOc3cc(C)ccc3C(C)C)C2=O)cc1. The molecule has 9 heteroatoms. The van der Waals surface area contributed by atoms with E-state index in [0.717, 1.165) is 34.2 Å². The maximum Gasteiger partial charge on any atom is 0.293 e. The largest absolute Gasteiger partial charge is 0.495 e. The second kappa shape index (κ2) is 13.2. The fourth-order valence-electron chi connectivity index (χ4n) is 4.08. The van der Waals surface area contributed by atoms with Gasteiger partial charge in [0, 0.05) is 0 Å². The first-order chi connectivity index (χ1) is 19.2. The number of rotatable bonds is 11. The van der Waals surface area contributed by atoms with Gasteiger partial charge in [-0.1, -0.05) is 50.2 Å². The van der Waals surface area contributed by atoms with E-state index < -0.39 is 0 Å². The normalized spacial score (nSPS) is 14.1. The van der Waals surface area contributed by atoms with Gasteiger partial charge in [0.15, 0.2) is 6.61 Å². The number of ether oxygens (including phenoxy) is 3. The maximum atomic E-state index is 12.9. The monoisotopic (exact) mass is 560 g/mol. The molecule has 1 saturated heterocycles. The average molecular weight is 561 g/mol. The number of hydrogen-bond donors (Lipinski definition) is 1. The molecule has 0 aliphatic carbocycles. The van der Waals surface area contributed by atoms with Crippen LogP contribution in [0.3, 0.4) is 0 Å². The van der Waals surface area contributed by atoms with Crippen molar-refractivity contribution in [2.45, 2.75) is 26.7 Å². The Hall–Kier alpha value is -4.24. The van der Waals surface area contributed by atoms with Gasteiger partial charge in [-0.05, 0) is 77.7 Å². The van der Waals surface area contributed by atoms with Crippen molar-refractivity contribution in [1.82, 2.24) is 4.90 Å². The zero-order valence-electron chi connectivity index (χ0n) is 22.9. The van der Waals surface area contributed by atoms with Crippen molar-refractivity contribution in [2.24, 2.45) is 0 Å². The van der Waals surface area contributed by atoms with Crippen LogP contribution in [0.5, 0.6) is 17.2 Å². The van der Waals surface area contributed by atoms with E-state index in [2.05, 4.69) is 19.2 Å². The van der Waals surface area contributed by atoms with E-state index in [-0.39, 0.29) is 36.8 Å². The van der Waals surface area contributed by atoms with Crippen molar-refractivity contribution in [3.05, 3.63) is 88.3 Å². The van der Waals surface area contributed by atoms with Crippen LogP contribution < -0.4 is 19.5 Å². The average Bonchev–Trinajstić information content (AvgIpc) is 3.20. The number of methoxy groups -OCH3 is 1. The zero-order valence-corrected chi connectivity index (χ0v) is 23.7. The maximum absolute atomic E-state index is 12.9. The number of hydrogen-bond acceptors (Lipinski definition) is 7. The molecule has 8 nitrogen and oxygen atoms in total. The Morgan fingerprint density at radius 1 is 1.00 bits per heavy atom. The van der Waals surface area contributed by atoms with E-state index in [0.29, 0.717) is 28.0 Å². The lowest BCUT2D eigenvalue weighted by Gasteiger charge is -2.17. The number of benzene rings is 3. The molecule has 0 bridgehead atoms. The standard InChI is InChI=1S/C31H32N2O6S/c1-20(2)24-14-9-21(3)17-27(24)38-16-15-33-30(35)28(40-31(33)36)18-22-10-12-23(13-11-22)39-19-29(34)32-25-7-5-6-8-26(25)37-4/h5-14,17-18,20H,15-16,19H2,1-4H3,(H,32,34)/b28-18-. The third kappa shape index (κ3) is 7.24. The number of carbonyl (C=O) groups excluding carboxylic acids is 3. The first kappa shape index (κ1) is 28.8. The van der Waals surface area contributed by atoms with Gasteiger partial charge in [-0.15, -0.1) is 0 Å². The number of thioether (sulfide) groups is 1. The second-order valence-electron chi connectivity index (χ2n) is 9.48. The summed E-state index contributed by atoms with van der Waals surface area (Å²) in [5.41, 5.74) is 3.46. The van der Waals surface area contributed by atoms with Gasteiger partial charge in [0.2, 0.25) is 0 Å². The highest BCUT2D eigenvalue weighted by atomic mass is 32.2. The first-order valence-electron chi connectivity index (χ1n) is 12.9. The topological polar surface area (TPSA) is 94.2 Å². The van der Waals surface area contributed by atoms with Crippen molar-refractivity contribution in [1.29, 1.82) is 0 Å². The van der Waals surface area contributed by atoms with Crippen LogP contribution in [0.15, 0.2) is 71.6 Å². The highest BCUT2D eigenvalue weighted by molar-refractivity contribution is 8.18. The zero-order chi connectivity index (χ0) is 28.6. The molecule has 0 radical (unpaired) electrons. The number of nitrogens with one attached hydrogen (secondary N) is 1. The summed E-state index contributed by atoms with van der Waals surface area (Å²) in [7, 11) is 1.53. The predicted molar refractivity (Wildman–Crippen MR) is 157 cm³/mol. The number of nitrogens with zero attached hydrogens (tertiary/aromatic N) is 1. The molecule has 0 unspecified atom stereocenters. The molecular weight excluding hydrogens is 528 g/mol. The van der Waals surface area contributed by atoms with Crippen LogP contribution in [0.2, 0.25) is 0 Å². The van der Waals surface area contributed by atoms with Gasteiger partial charge < -0.3 is 19.5 Å². The van der Waals surface area contributed by atoms with Crippen molar-refractivity contribution in [2.75, 3.05) is 32.2 Å². The van der Waals surface area contributed by atoms with Gasteiger partial charge in [0.1, 0.15) is 23.9 Å². The van der Waals surface area contributed by atoms with Crippen molar-refractivity contribution in [3.8, 4) is 17.2 Å². The highest BCUT2D eigenvalue weighted by Crippen LogP contribution is 2.33. The fourth-order valence-corrected chi connectivity index (χ4v) is 4.94. The van der Waals surface area contributed by atoms with Crippen molar-refractivity contribution < 1.29 is 28.6 Å². The summed E-state index contributed by atoms with van der Waals surface area (Å²) in [5, 5.41) is 2.43. The summed E-state index contributed by atoms with van der Waals surface area (Å²) >= 11 is 0.904. The van der Waals surface area contributed by atoms with E-state index >= 15 is 0 Å². The minimum absolute atomic E-state index is 0.164. The number of aryl methyl sites for hydroxylation is 1. The third-order valence-electron chi connectivity index (χ3n) is 6.17. The molecule has 208 valence electrons. The van der Waals surface area contributed by atoms with Gasteiger partial charge in [-0.3, -0.25) is 19.3 Å². The van der Waals surface area contributed by atoms with Gasteiger partial charge in [0.25, 0.3) is 17.1 Å². The number of carbonyl (C=O) groups is 3. The van der Waals surface area contributed by atoms with Crippen molar-refractivity contribution in [3.63, 3.8) is 0 Å². The predicted octanol–water partition coefficient (Wildman–Crippen LogP) is 6.26. The first-order valence-corrected chi connectivity index (χ1v) is 13.7. The van der Waals surface area contributed by atoms with Crippen LogP contribution in [0.1, 0.15) is 36.5 Å². The van der Waals surface area contributed by atoms with E-state index in [1.54, 1.807) is 48.5 Å². The van der Waals surface area contributed by atoms with E-state index in [9.17, 15) is 14.4 Å². The Kier molecular flexibility index (Phi) is 9.50. The van der Waals surface area contributed by atoms with Gasteiger partial charge >= 0.3 is 0 Å². The molecule has 4 rings (SSSR count). The molecule has 3 aromatic carbocycles. The lowest BCUT2D eigenvalue weighted by atomic mass is 10.0. The quantitative estimate of drug-likeness (QED) is 0.277. The van der Waals surface area contributed by atoms with Crippen LogP contribution in [0.25, 0.3) is 6.08 Å². The minimum atomic E-state index is -0.347. The third-order valence-corrected chi connectivity index (χ3v) is 7.07. The molecule has 0 spiro atoms. The lowest BCUT2D eigenvalue weighted by Crippen LogP contribution is -2.32. The molecule has 3 amide bonds. The second-order valence-corrected chi connectivity index (χ2v) is 10.5. The molecule has 0 aromatic heterocycles. The smallest absolute Gasteiger partial charge is 0.293 e. The molecule has 1 N–H and O–H groups in total. The summed E-state index contributed by atoms with van der Waals surface area (Å²) in [5.74, 6) is 1.45.